The molecule has 4 N–H and O–H groups in total. The number of carboxylic acid groups (broad SMARTS) is 1. The summed E-state index contributed by atoms with van der Waals surface area (Å²) in [6.45, 7) is 0.659. The Morgan fingerprint density at radius 2 is 1.95 bits per heavy atom. The van der Waals surface area contributed by atoms with Crippen LogP contribution in [0.25, 0.3) is 0 Å². The van der Waals surface area contributed by atoms with Gasteiger partial charge in [0.15, 0.2) is 0 Å². The highest BCUT2D eigenvalue weighted by atomic mass is 35.5. The van der Waals surface area contributed by atoms with Gasteiger partial charge in [0.25, 0.3) is 0 Å². The number of hydrogen-bond donors (Lipinski definition) is 3. The number of halogens is 1. The van der Waals surface area contributed by atoms with Crippen molar-refractivity contribution in [3.63, 3.8) is 0 Å². The van der Waals surface area contributed by atoms with Crippen molar-refractivity contribution in [3.8, 4) is 0 Å². The molecule has 1 amide bonds. The molecular formula is C15H19ClN2O3. The van der Waals surface area contributed by atoms with E-state index in [4.69, 9.17) is 17.3 Å². The van der Waals surface area contributed by atoms with Gasteiger partial charge in [-0.1, -0.05) is 17.7 Å². The van der Waals surface area contributed by atoms with Crippen LogP contribution in [0, 0.1) is 11.8 Å². The van der Waals surface area contributed by atoms with Crippen LogP contribution in [-0.4, -0.2) is 23.5 Å². The number of carbonyl (C=O) groups excluding carboxylic acids is 1. The van der Waals surface area contributed by atoms with E-state index in [0.717, 1.165) is 25.7 Å². The number of carboxylic acids is 1. The van der Waals surface area contributed by atoms with Crippen molar-refractivity contribution in [3.05, 3.63) is 28.8 Å². The maximum Gasteiger partial charge on any atom is 0.339 e. The van der Waals surface area contributed by atoms with Gasteiger partial charge in [0, 0.05) is 5.92 Å². The molecule has 0 spiro atoms. The van der Waals surface area contributed by atoms with E-state index in [2.05, 4.69) is 5.32 Å². The maximum absolute atomic E-state index is 12.3. The monoisotopic (exact) mass is 310 g/mol. The average Bonchev–Trinajstić information content (AvgIpc) is 2.47. The second-order valence-corrected chi connectivity index (χ2v) is 5.82. The van der Waals surface area contributed by atoms with Gasteiger partial charge in [-0.25, -0.2) is 4.79 Å². The molecule has 6 heteroatoms. The number of anilines is 1. The summed E-state index contributed by atoms with van der Waals surface area (Å²) >= 11 is 5.89. The fraction of sp³-hybridized carbons (Fsp3) is 0.467. The third-order valence-corrected chi connectivity index (χ3v) is 4.35. The summed E-state index contributed by atoms with van der Waals surface area (Å²) in [4.78, 5) is 23.5. The van der Waals surface area contributed by atoms with Gasteiger partial charge in [0.1, 0.15) is 5.56 Å². The Bertz CT molecular complexity index is 540. The number of aromatic carboxylic acids is 1. The Kier molecular flexibility index (Phi) is 5.20. The molecule has 0 aromatic heterocycles. The summed E-state index contributed by atoms with van der Waals surface area (Å²) in [5.74, 6) is -0.888. The van der Waals surface area contributed by atoms with Crippen LogP contribution in [0.2, 0.25) is 5.02 Å². The predicted molar refractivity (Wildman–Crippen MR) is 81.5 cm³/mol. The predicted octanol–water partition coefficient (Wildman–Crippen LogP) is 2.74. The molecule has 0 radical (unpaired) electrons. The minimum absolute atomic E-state index is 0.0665. The van der Waals surface area contributed by atoms with Crippen molar-refractivity contribution in [2.24, 2.45) is 17.6 Å². The number of hydrogen-bond acceptors (Lipinski definition) is 3. The summed E-state index contributed by atoms with van der Waals surface area (Å²) in [7, 11) is 0. The number of rotatable bonds is 4. The molecule has 2 rings (SSSR count). The SMILES string of the molecule is NCC1CCC(C(=O)Nc2cccc(Cl)c2C(=O)O)CC1. The topological polar surface area (TPSA) is 92.4 Å². The molecule has 0 unspecified atom stereocenters. The van der Waals surface area contributed by atoms with E-state index in [1.807, 2.05) is 0 Å². The van der Waals surface area contributed by atoms with Gasteiger partial charge in [-0.05, 0) is 50.3 Å². The van der Waals surface area contributed by atoms with Gasteiger partial charge < -0.3 is 16.2 Å². The van der Waals surface area contributed by atoms with Crippen LogP contribution in [0.1, 0.15) is 36.0 Å². The van der Waals surface area contributed by atoms with Crippen molar-refractivity contribution < 1.29 is 14.7 Å². The minimum Gasteiger partial charge on any atom is -0.478 e. The van der Waals surface area contributed by atoms with Crippen molar-refractivity contribution in [2.75, 3.05) is 11.9 Å². The lowest BCUT2D eigenvalue weighted by Gasteiger charge is -2.27. The third kappa shape index (κ3) is 3.74. The second kappa shape index (κ2) is 6.91. The summed E-state index contributed by atoms with van der Waals surface area (Å²) in [6.07, 6.45) is 3.46. The van der Waals surface area contributed by atoms with E-state index in [1.54, 1.807) is 12.1 Å². The number of nitrogens with two attached hydrogens (primary N) is 1. The number of benzene rings is 1. The highest BCUT2D eigenvalue weighted by molar-refractivity contribution is 6.34. The molecule has 1 saturated carbocycles. The molecule has 114 valence electrons. The summed E-state index contributed by atoms with van der Waals surface area (Å²) < 4.78 is 0. The van der Waals surface area contributed by atoms with Crippen LogP contribution in [0.5, 0.6) is 0 Å². The average molecular weight is 311 g/mol. The molecule has 0 aliphatic heterocycles. The Hall–Kier alpha value is -1.59. The molecule has 21 heavy (non-hydrogen) atoms. The van der Waals surface area contributed by atoms with Crippen molar-refractivity contribution >= 4 is 29.2 Å². The van der Waals surface area contributed by atoms with Crippen molar-refractivity contribution in [1.29, 1.82) is 0 Å². The van der Waals surface area contributed by atoms with Crippen molar-refractivity contribution in [1.82, 2.24) is 0 Å². The Labute approximate surface area is 128 Å². The largest absolute Gasteiger partial charge is 0.478 e. The highest BCUT2D eigenvalue weighted by Crippen LogP contribution is 2.30. The third-order valence-electron chi connectivity index (χ3n) is 4.04. The molecule has 1 aliphatic rings. The quantitative estimate of drug-likeness (QED) is 0.797. The lowest BCUT2D eigenvalue weighted by atomic mass is 9.81. The zero-order chi connectivity index (χ0) is 15.4. The van der Waals surface area contributed by atoms with Crippen LogP contribution in [0.15, 0.2) is 18.2 Å². The molecule has 1 aromatic rings. The first-order valence-corrected chi connectivity index (χ1v) is 7.43. The minimum atomic E-state index is -1.15. The zero-order valence-electron chi connectivity index (χ0n) is 11.6. The Morgan fingerprint density at radius 1 is 1.29 bits per heavy atom. The second-order valence-electron chi connectivity index (χ2n) is 5.41. The van der Waals surface area contributed by atoms with E-state index in [1.165, 1.54) is 6.07 Å². The standard InChI is InChI=1S/C15H19ClN2O3/c16-11-2-1-3-12(13(11)15(20)21)18-14(19)10-6-4-9(8-17)5-7-10/h1-3,9-10H,4-8,17H2,(H,18,19)(H,20,21). The van der Waals surface area contributed by atoms with Crippen LogP contribution in [0.3, 0.4) is 0 Å². The normalized spacial score (nSPS) is 21.8. The van der Waals surface area contributed by atoms with Gasteiger partial charge in [-0.2, -0.15) is 0 Å². The molecule has 1 aliphatic carbocycles. The van der Waals surface area contributed by atoms with Gasteiger partial charge in [-0.15, -0.1) is 0 Å². The number of amides is 1. The number of nitrogens with one attached hydrogen (secondary N) is 1. The van der Waals surface area contributed by atoms with Gasteiger partial charge in [0.2, 0.25) is 5.91 Å². The van der Waals surface area contributed by atoms with E-state index >= 15 is 0 Å². The molecule has 0 atom stereocenters. The van der Waals surface area contributed by atoms with E-state index < -0.39 is 5.97 Å². The van der Waals surface area contributed by atoms with Crippen LogP contribution in [0.4, 0.5) is 5.69 Å². The molecular weight excluding hydrogens is 292 g/mol. The molecule has 0 saturated heterocycles. The Morgan fingerprint density at radius 3 is 2.52 bits per heavy atom. The highest BCUT2D eigenvalue weighted by Gasteiger charge is 2.26. The zero-order valence-corrected chi connectivity index (χ0v) is 12.4. The fourth-order valence-corrected chi connectivity index (χ4v) is 3.00. The van der Waals surface area contributed by atoms with Crippen molar-refractivity contribution in [2.45, 2.75) is 25.7 Å². The maximum atomic E-state index is 12.3. The summed E-state index contributed by atoms with van der Waals surface area (Å²) in [6, 6.07) is 4.67. The van der Waals surface area contributed by atoms with Crippen LogP contribution < -0.4 is 11.1 Å². The lowest BCUT2D eigenvalue weighted by molar-refractivity contribution is -0.121. The first-order chi connectivity index (χ1) is 10.0. The van der Waals surface area contributed by atoms with Gasteiger partial charge >= 0.3 is 5.97 Å². The van der Waals surface area contributed by atoms with Gasteiger partial charge in [-0.3, -0.25) is 4.79 Å². The summed E-state index contributed by atoms with van der Waals surface area (Å²) in [5, 5.41) is 12.0. The fourth-order valence-electron chi connectivity index (χ4n) is 2.74. The lowest BCUT2D eigenvalue weighted by Crippen LogP contribution is -2.29. The van der Waals surface area contributed by atoms with E-state index in [9.17, 15) is 14.7 Å². The van der Waals surface area contributed by atoms with E-state index in [-0.39, 0.29) is 28.1 Å². The molecule has 0 bridgehead atoms. The van der Waals surface area contributed by atoms with Crippen LogP contribution >= 0.6 is 11.6 Å². The van der Waals surface area contributed by atoms with Crippen LogP contribution in [-0.2, 0) is 4.79 Å². The first kappa shape index (κ1) is 15.8. The molecule has 5 nitrogen and oxygen atoms in total. The van der Waals surface area contributed by atoms with E-state index in [0.29, 0.717) is 12.5 Å². The Balaban J connectivity index is 2.07. The number of carbonyl (C=O) groups is 2. The molecule has 1 aromatic carbocycles. The van der Waals surface area contributed by atoms with Gasteiger partial charge in [0.05, 0.1) is 10.7 Å². The smallest absolute Gasteiger partial charge is 0.339 e. The molecule has 0 heterocycles. The first-order valence-electron chi connectivity index (χ1n) is 7.05. The summed E-state index contributed by atoms with van der Waals surface area (Å²) in [5.41, 5.74) is 5.82. The molecule has 1 fully saturated rings.